The van der Waals surface area contributed by atoms with Gasteiger partial charge in [-0.05, 0) is 37.1 Å². The lowest BCUT2D eigenvalue weighted by atomic mass is 10.0. The van der Waals surface area contributed by atoms with E-state index >= 15 is 0 Å². The van der Waals surface area contributed by atoms with E-state index in [4.69, 9.17) is 34.2 Å². The summed E-state index contributed by atoms with van der Waals surface area (Å²) in [6, 6.07) is 6.67. The molecule has 17 nitrogen and oxygen atoms in total. The summed E-state index contributed by atoms with van der Waals surface area (Å²) in [5, 5.41) is 6.18. The molecule has 2 aromatic carbocycles. The minimum atomic E-state index is -1.06. The van der Waals surface area contributed by atoms with Crippen molar-refractivity contribution in [3.05, 3.63) is 58.8 Å². The van der Waals surface area contributed by atoms with E-state index in [9.17, 15) is 28.8 Å². The molecule has 0 bridgehead atoms. The van der Waals surface area contributed by atoms with Gasteiger partial charge in [-0.3, -0.25) is 39.0 Å². The largest absolute Gasteiger partial charge is 0.496 e. The Labute approximate surface area is 315 Å². The number of amides is 6. The number of carbonyl (C=O) groups excluding carboxylic acids is 6. The number of imide groups is 2. The number of hydrogen-bond acceptors (Lipinski definition) is 13. The number of nitrogens with two attached hydrogens (primary N) is 1. The lowest BCUT2D eigenvalue weighted by Crippen LogP contribution is -2.54. The van der Waals surface area contributed by atoms with Crippen LogP contribution in [-0.4, -0.2) is 117 Å². The van der Waals surface area contributed by atoms with Crippen molar-refractivity contribution in [2.75, 3.05) is 60.0 Å². The van der Waals surface area contributed by atoms with Crippen molar-refractivity contribution in [2.45, 2.75) is 37.8 Å². The van der Waals surface area contributed by atoms with E-state index in [1.54, 1.807) is 24.3 Å². The van der Waals surface area contributed by atoms with Gasteiger partial charge in [-0.15, -0.1) is 0 Å². The first-order chi connectivity index (χ1) is 26.7. The number of rotatable bonds is 17. The molecule has 55 heavy (non-hydrogen) atoms. The molecule has 3 aromatic rings. The third kappa shape index (κ3) is 9.00. The molecule has 0 radical (unpaired) electrons. The second-order valence-corrected chi connectivity index (χ2v) is 12.6. The van der Waals surface area contributed by atoms with Crippen LogP contribution < -0.4 is 30.6 Å². The second kappa shape index (κ2) is 17.8. The van der Waals surface area contributed by atoms with Gasteiger partial charge in [0.15, 0.2) is 0 Å². The Hall–Kier alpha value is -6.09. The molecule has 288 valence electrons. The van der Waals surface area contributed by atoms with Gasteiger partial charge in [0.2, 0.25) is 23.6 Å². The van der Waals surface area contributed by atoms with Crippen LogP contribution in [-0.2, 0) is 28.6 Å². The molecule has 17 heteroatoms. The molecule has 6 rings (SSSR count). The number of carbonyl (C=O) groups is 6. The summed E-state index contributed by atoms with van der Waals surface area (Å²) in [4.78, 5) is 79.0. The molecular weight excluding hydrogens is 718 g/mol. The molecule has 1 aromatic heterocycles. The van der Waals surface area contributed by atoms with Gasteiger partial charge in [0, 0.05) is 29.8 Å². The molecule has 0 aliphatic carbocycles. The number of nitrogens with one attached hydrogen (secondary N) is 2. The lowest BCUT2D eigenvalue weighted by molar-refractivity contribution is -0.136. The van der Waals surface area contributed by atoms with E-state index in [-0.39, 0.29) is 106 Å². The van der Waals surface area contributed by atoms with Crippen LogP contribution >= 0.6 is 0 Å². The number of benzene rings is 2. The molecule has 4 N–H and O–H groups in total. The first-order valence-electron chi connectivity index (χ1n) is 17.6. The van der Waals surface area contributed by atoms with Crippen LogP contribution in [0.3, 0.4) is 0 Å². The Balaban J connectivity index is 0.910. The first kappa shape index (κ1) is 38.6. The lowest BCUT2D eigenvalue weighted by Gasteiger charge is -2.27. The van der Waals surface area contributed by atoms with Gasteiger partial charge in [-0.1, -0.05) is 17.9 Å². The molecular formula is C38H39N5O12. The van der Waals surface area contributed by atoms with Crippen LogP contribution in [0.4, 0.5) is 0 Å². The number of fused-ring (bicyclic) bond motifs is 2. The second-order valence-electron chi connectivity index (χ2n) is 12.6. The number of aromatic nitrogens is 1. The van der Waals surface area contributed by atoms with Crippen LogP contribution in [0.5, 0.6) is 17.4 Å². The number of piperidine rings is 1. The Morgan fingerprint density at radius 3 is 2.35 bits per heavy atom. The van der Waals surface area contributed by atoms with Crippen molar-refractivity contribution >= 4 is 46.2 Å². The van der Waals surface area contributed by atoms with E-state index in [1.807, 2.05) is 0 Å². The summed E-state index contributed by atoms with van der Waals surface area (Å²) in [5.41, 5.74) is 6.50. The summed E-state index contributed by atoms with van der Waals surface area (Å²) < 4.78 is 33.8. The fourth-order valence-electron chi connectivity index (χ4n) is 6.31. The van der Waals surface area contributed by atoms with Gasteiger partial charge in [-0.25, -0.2) is 4.98 Å². The van der Waals surface area contributed by atoms with Crippen molar-refractivity contribution in [3.8, 4) is 29.2 Å². The monoisotopic (exact) mass is 757 g/mol. The van der Waals surface area contributed by atoms with Crippen molar-refractivity contribution in [3.63, 3.8) is 0 Å². The van der Waals surface area contributed by atoms with Crippen LogP contribution in [0.15, 0.2) is 36.5 Å². The topological polar surface area (TPSA) is 224 Å². The molecule has 2 unspecified atom stereocenters. The molecule has 2 saturated heterocycles. The quantitative estimate of drug-likeness (QED) is 0.0990. The molecule has 2 atom stereocenters. The summed E-state index contributed by atoms with van der Waals surface area (Å²) in [6.07, 6.45) is 2.74. The highest BCUT2D eigenvalue weighted by atomic mass is 16.6. The van der Waals surface area contributed by atoms with Crippen LogP contribution in [0, 0.1) is 11.8 Å². The SMILES string of the molecule is COc1cc2c(OCC3CCC(=O)N3)ncc(C#CCOCCOCCOCCOc3cccc4c3C(=O)N(C3CCC(=O)NC3=O)C4=O)c2cc1C(N)=O. The minimum Gasteiger partial charge on any atom is -0.496 e. The highest BCUT2D eigenvalue weighted by Crippen LogP contribution is 2.34. The normalized spacial score (nSPS) is 17.8. The molecule has 3 aliphatic rings. The Bertz CT molecular complexity index is 2080. The van der Waals surface area contributed by atoms with Crippen molar-refractivity contribution in [1.29, 1.82) is 0 Å². The number of nitrogens with zero attached hydrogens (tertiary/aromatic N) is 2. The smallest absolute Gasteiger partial charge is 0.266 e. The fourth-order valence-corrected chi connectivity index (χ4v) is 6.31. The predicted molar refractivity (Wildman–Crippen MR) is 191 cm³/mol. The maximum absolute atomic E-state index is 13.2. The maximum atomic E-state index is 13.2. The van der Waals surface area contributed by atoms with Gasteiger partial charge in [0.25, 0.3) is 17.7 Å². The molecule has 6 amide bonds. The van der Waals surface area contributed by atoms with E-state index in [0.717, 1.165) is 4.90 Å². The zero-order valence-corrected chi connectivity index (χ0v) is 30.0. The van der Waals surface area contributed by atoms with Crippen molar-refractivity contribution in [1.82, 2.24) is 20.5 Å². The van der Waals surface area contributed by atoms with E-state index in [1.165, 1.54) is 19.4 Å². The Kier molecular flexibility index (Phi) is 12.5. The summed E-state index contributed by atoms with van der Waals surface area (Å²) in [6.45, 7) is 1.72. The Morgan fingerprint density at radius 2 is 1.64 bits per heavy atom. The molecule has 2 fully saturated rings. The van der Waals surface area contributed by atoms with Gasteiger partial charge in [0.1, 0.15) is 37.4 Å². The maximum Gasteiger partial charge on any atom is 0.266 e. The zero-order chi connectivity index (χ0) is 38.9. The van der Waals surface area contributed by atoms with Gasteiger partial charge in [-0.2, -0.15) is 0 Å². The average molecular weight is 758 g/mol. The molecule has 3 aliphatic heterocycles. The van der Waals surface area contributed by atoms with E-state index in [2.05, 4.69) is 27.5 Å². The number of ether oxygens (including phenoxy) is 6. The number of methoxy groups -OCH3 is 1. The number of pyridine rings is 1. The minimum absolute atomic E-state index is 0.0235. The van der Waals surface area contributed by atoms with Gasteiger partial charge in [0.05, 0.1) is 68.4 Å². The first-order valence-corrected chi connectivity index (χ1v) is 17.6. The predicted octanol–water partition coefficient (Wildman–Crippen LogP) is 0.881. The molecule has 0 spiro atoms. The standard InChI is InChI=1S/C38H39N5O12/c1-50-30-19-26-25(18-27(30)34(39)46)22(20-40-36(26)55-21-23-7-9-31(44)41-23)4-3-11-51-12-13-52-14-15-53-16-17-54-29-6-2-5-24-33(29)38(49)43(37(24)48)28-8-10-32(45)42-35(28)47/h2,5-6,18-20,23,28H,7-17,21H2,1H3,(H2,39,46)(H,41,44)(H,42,45,47). The highest BCUT2D eigenvalue weighted by Gasteiger charge is 2.46. The van der Waals surface area contributed by atoms with Crippen LogP contribution in [0.1, 0.15) is 62.3 Å². The molecule has 4 heterocycles. The highest BCUT2D eigenvalue weighted by molar-refractivity contribution is 6.24. The van der Waals surface area contributed by atoms with E-state index in [0.29, 0.717) is 35.1 Å². The number of hydrogen-bond donors (Lipinski definition) is 3. The van der Waals surface area contributed by atoms with Gasteiger partial charge < -0.3 is 39.5 Å². The van der Waals surface area contributed by atoms with Gasteiger partial charge >= 0.3 is 0 Å². The fraction of sp³-hybridized carbons (Fsp3) is 0.395. The zero-order valence-electron chi connectivity index (χ0n) is 30.0. The summed E-state index contributed by atoms with van der Waals surface area (Å²) in [7, 11) is 1.43. The number of primary amides is 1. The third-order valence-electron chi connectivity index (χ3n) is 9.00. The Morgan fingerprint density at radius 1 is 0.891 bits per heavy atom. The molecule has 0 saturated carbocycles. The average Bonchev–Trinajstić information content (AvgIpc) is 3.71. The third-order valence-corrected chi connectivity index (χ3v) is 9.00. The van der Waals surface area contributed by atoms with Crippen LogP contribution in [0.25, 0.3) is 10.8 Å². The van der Waals surface area contributed by atoms with Crippen molar-refractivity contribution in [2.24, 2.45) is 5.73 Å². The summed E-state index contributed by atoms with van der Waals surface area (Å²) in [5.74, 6) is 3.65. The van der Waals surface area contributed by atoms with Crippen LogP contribution in [0.2, 0.25) is 0 Å². The summed E-state index contributed by atoms with van der Waals surface area (Å²) >= 11 is 0. The van der Waals surface area contributed by atoms with Crippen molar-refractivity contribution < 1.29 is 57.2 Å². The van der Waals surface area contributed by atoms with E-state index < -0.39 is 35.6 Å².